The molecule has 1 aromatic rings. The van der Waals surface area contributed by atoms with Gasteiger partial charge in [-0.2, -0.15) is 0 Å². The van der Waals surface area contributed by atoms with Crippen LogP contribution in [0.25, 0.3) is 0 Å². The fourth-order valence-electron chi connectivity index (χ4n) is 2.87. The summed E-state index contributed by atoms with van der Waals surface area (Å²) in [5, 5.41) is 0. The summed E-state index contributed by atoms with van der Waals surface area (Å²) in [7, 11) is -2.69. The molecule has 0 heterocycles. The molecule has 142 valence electrons. The van der Waals surface area contributed by atoms with Gasteiger partial charge in [0.1, 0.15) is 0 Å². The number of carbonyl (C=O) groups excluding carboxylic acids is 1. The molecule has 0 spiro atoms. The lowest BCUT2D eigenvalue weighted by Gasteiger charge is -2.31. The zero-order chi connectivity index (χ0) is 18.7. The molecule has 0 aliphatic carbocycles. The normalized spacial score (nSPS) is 12.8. The maximum Gasteiger partial charge on any atom is 0.500 e. The minimum atomic E-state index is -2.69. The number of primary amides is 1. The molecule has 1 rings (SSSR count). The number of benzene rings is 1. The molecule has 6 nitrogen and oxygen atoms in total. The first-order valence-electron chi connectivity index (χ1n) is 9.02. The minimum Gasteiger partial charge on any atom is -0.374 e. The van der Waals surface area contributed by atoms with Crippen LogP contribution >= 0.6 is 0 Å². The van der Waals surface area contributed by atoms with E-state index < -0.39 is 14.8 Å². The molecular formula is C18H32N2O4Si. The van der Waals surface area contributed by atoms with Gasteiger partial charge in [0.25, 0.3) is 0 Å². The SMILES string of the molecule is CCO[Si](CCCN(C(N)=O)C(C)c1ccccc1)(OCC)OCC. The second kappa shape index (κ2) is 11.3. The summed E-state index contributed by atoms with van der Waals surface area (Å²) < 4.78 is 17.6. The number of rotatable bonds is 12. The van der Waals surface area contributed by atoms with E-state index in [1.165, 1.54) is 0 Å². The number of nitrogens with two attached hydrogens (primary N) is 1. The monoisotopic (exact) mass is 368 g/mol. The lowest BCUT2D eigenvalue weighted by atomic mass is 10.1. The van der Waals surface area contributed by atoms with Crippen molar-refractivity contribution < 1.29 is 18.1 Å². The summed E-state index contributed by atoms with van der Waals surface area (Å²) in [4.78, 5) is 13.6. The second-order valence-corrected chi connectivity index (χ2v) is 8.44. The van der Waals surface area contributed by atoms with E-state index in [-0.39, 0.29) is 6.04 Å². The summed E-state index contributed by atoms with van der Waals surface area (Å²) in [5.41, 5.74) is 6.66. The molecule has 0 radical (unpaired) electrons. The molecule has 0 saturated heterocycles. The average molecular weight is 369 g/mol. The van der Waals surface area contributed by atoms with Gasteiger partial charge in [0.15, 0.2) is 0 Å². The van der Waals surface area contributed by atoms with Gasteiger partial charge in [0, 0.05) is 32.4 Å². The lowest BCUT2D eigenvalue weighted by Crippen LogP contribution is -2.47. The highest BCUT2D eigenvalue weighted by atomic mass is 28.4. The minimum absolute atomic E-state index is 0.0824. The third kappa shape index (κ3) is 6.78. The summed E-state index contributed by atoms with van der Waals surface area (Å²) in [6.07, 6.45) is 0.715. The Labute approximate surface area is 152 Å². The van der Waals surface area contributed by atoms with Crippen LogP contribution in [0.2, 0.25) is 6.04 Å². The van der Waals surface area contributed by atoms with Crippen LogP contribution in [0.4, 0.5) is 4.79 Å². The number of urea groups is 1. The van der Waals surface area contributed by atoms with Crippen LogP contribution in [0.3, 0.4) is 0 Å². The largest absolute Gasteiger partial charge is 0.500 e. The summed E-state index contributed by atoms with van der Waals surface area (Å²) in [6, 6.07) is 10.0. The van der Waals surface area contributed by atoms with Crippen LogP contribution < -0.4 is 5.73 Å². The van der Waals surface area contributed by atoms with Crippen LogP contribution in [0, 0.1) is 0 Å². The van der Waals surface area contributed by atoms with Crippen LogP contribution in [0.1, 0.15) is 45.7 Å². The molecule has 1 aromatic carbocycles. The number of amides is 2. The van der Waals surface area contributed by atoms with E-state index in [1.54, 1.807) is 4.90 Å². The van der Waals surface area contributed by atoms with E-state index in [1.807, 2.05) is 58.0 Å². The first-order valence-corrected chi connectivity index (χ1v) is 11.0. The number of hydrogen-bond donors (Lipinski definition) is 1. The quantitative estimate of drug-likeness (QED) is 0.572. The van der Waals surface area contributed by atoms with Crippen LogP contribution in [0.5, 0.6) is 0 Å². The molecule has 0 aromatic heterocycles. The Hall–Kier alpha value is -1.41. The summed E-state index contributed by atoms with van der Waals surface area (Å²) in [6.45, 7) is 9.98. The molecular weight excluding hydrogens is 336 g/mol. The molecule has 0 fully saturated rings. The average Bonchev–Trinajstić information content (AvgIpc) is 2.59. The topological polar surface area (TPSA) is 74.0 Å². The zero-order valence-electron chi connectivity index (χ0n) is 15.9. The van der Waals surface area contributed by atoms with Crippen molar-refractivity contribution in [1.82, 2.24) is 4.90 Å². The Morgan fingerprint density at radius 3 is 2.04 bits per heavy atom. The van der Waals surface area contributed by atoms with E-state index in [4.69, 9.17) is 19.0 Å². The molecule has 0 aliphatic heterocycles. The highest BCUT2D eigenvalue weighted by Crippen LogP contribution is 2.23. The zero-order valence-corrected chi connectivity index (χ0v) is 16.9. The third-order valence-electron chi connectivity index (χ3n) is 4.01. The third-order valence-corrected chi connectivity index (χ3v) is 7.16. The Bertz CT molecular complexity index is 484. The van der Waals surface area contributed by atoms with Crippen molar-refractivity contribution in [2.45, 2.75) is 46.2 Å². The molecule has 1 atom stereocenters. The Balaban J connectivity index is 2.74. The lowest BCUT2D eigenvalue weighted by molar-refractivity contribution is 0.0698. The highest BCUT2D eigenvalue weighted by Gasteiger charge is 2.40. The molecule has 0 bridgehead atoms. The molecule has 2 N–H and O–H groups in total. The highest BCUT2D eigenvalue weighted by molar-refractivity contribution is 6.60. The molecule has 2 amide bonds. The first kappa shape index (κ1) is 21.6. The smallest absolute Gasteiger partial charge is 0.374 e. The van der Waals surface area contributed by atoms with E-state index in [0.29, 0.717) is 38.8 Å². The number of hydrogen-bond acceptors (Lipinski definition) is 4. The Morgan fingerprint density at radius 1 is 1.08 bits per heavy atom. The van der Waals surface area contributed by atoms with Crippen molar-refractivity contribution in [2.24, 2.45) is 5.73 Å². The van der Waals surface area contributed by atoms with Gasteiger partial charge in [-0.1, -0.05) is 30.3 Å². The van der Waals surface area contributed by atoms with Crippen molar-refractivity contribution in [2.75, 3.05) is 26.4 Å². The standard InChI is InChI=1S/C18H32N2O4Si/c1-5-22-25(23-6-2,24-7-3)15-11-14-20(18(19)21)16(4)17-12-9-8-10-13-17/h8-10,12-13,16H,5-7,11,14-15H2,1-4H3,(H2,19,21). The van der Waals surface area contributed by atoms with Gasteiger partial charge in [0.2, 0.25) is 0 Å². The number of nitrogens with zero attached hydrogens (tertiary/aromatic N) is 1. The van der Waals surface area contributed by atoms with Gasteiger partial charge in [-0.25, -0.2) is 4.79 Å². The van der Waals surface area contributed by atoms with Gasteiger partial charge >= 0.3 is 14.8 Å². The van der Waals surface area contributed by atoms with E-state index in [9.17, 15) is 4.79 Å². The fraction of sp³-hybridized carbons (Fsp3) is 0.611. The Kier molecular flexibility index (Phi) is 9.73. The first-order chi connectivity index (χ1) is 12.0. The molecule has 1 unspecified atom stereocenters. The Morgan fingerprint density at radius 2 is 1.60 bits per heavy atom. The van der Waals surface area contributed by atoms with Gasteiger partial charge in [-0.15, -0.1) is 0 Å². The van der Waals surface area contributed by atoms with Crippen LogP contribution in [-0.2, 0) is 13.3 Å². The maximum atomic E-state index is 11.9. The van der Waals surface area contributed by atoms with Crippen molar-refractivity contribution in [3.63, 3.8) is 0 Å². The van der Waals surface area contributed by atoms with Crippen LogP contribution in [0.15, 0.2) is 30.3 Å². The van der Waals surface area contributed by atoms with Gasteiger partial charge in [0.05, 0.1) is 6.04 Å². The molecule has 0 saturated carbocycles. The van der Waals surface area contributed by atoms with Crippen molar-refractivity contribution in [3.8, 4) is 0 Å². The molecule has 0 aliphatic rings. The predicted octanol–water partition coefficient (Wildman–Crippen LogP) is 3.57. The predicted molar refractivity (Wildman–Crippen MR) is 101 cm³/mol. The van der Waals surface area contributed by atoms with E-state index in [2.05, 4.69) is 0 Å². The van der Waals surface area contributed by atoms with Crippen LogP contribution in [-0.4, -0.2) is 46.1 Å². The van der Waals surface area contributed by atoms with Gasteiger partial charge in [-0.05, 0) is 39.7 Å². The van der Waals surface area contributed by atoms with Crippen molar-refractivity contribution >= 4 is 14.8 Å². The molecule has 7 heteroatoms. The van der Waals surface area contributed by atoms with Crippen molar-refractivity contribution in [3.05, 3.63) is 35.9 Å². The van der Waals surface area contributed by atoms with E-state index in [0.717, 1.165) is 5.56 Å². The second-order valence-electron chi connectivity index (χ2n) is 5.70. The molecule has 25 heavy (non-hydrogen) atoms. The van der Waals surface area contributed by atoms with Gasteiger partial charge < -0.3 is 23.9 Å². The summed E-state index contributed by atoms with van der Waals surface area (Å²) >= 11 is 0. The summed E-state index contributed by atoms with van der Waals surface area (Å²) in [5.74, 6) is 0. The van der Waals surface area contributed by atoms with Gasteiger partial charge in [-0.3, -0.25) is 0 Å². The maximum absolute atomic E-state index is 11.9. The van der Waals surface area contributed by atoms with Crippen molar-refractivity contribution in [1.29, 1.82) is 0 Å². The van der Waals surface area contributed by atoms with E-state index >= 15 is 0 Å². The fourth-order valence-corrected chi connectivity index (χ4v) is 5.47. The number of carbonyl (C=O) groups is 1.